The van der Waals surface area contributed by atoms with Crippen LogP contribution in [0.25, 0.3) is 0 Å². The zero-order valence-corrected chi connectivity index (χ0v) is 13.2. The van der Waals surface area contributed by atoms with Crippen LogP contribution in [0.5, 0.6) is 0 Å². The standard InChI is InChI=1S/C17H30O2/c1-7-16(17(3,4)5)13-11-9-8-10-12-14-19-15(2)18-6/h7,9,11,13,15H,1,8,10,12,14H2,2-6H3/b11-9+,16-13+. The van der Waals surface area contributed by atoms with Gasteiger partial charge < -0.3 is 9.47 Å². The Hall–Kier alpha value is -0.860. The lowest BCUT2D eigenvalue weighted by Crippen LogP contribution is -2.10. The predicted molar refractivity (Wildman–Crippen MR) is 83.1 cm³/mol. The lowest BCUT2D eigenvalue weighted by molar-refractivity contribution is -0.111. The molecule has 2 heteroatoms. The fourth-order valence-corrected chi connectivity index (χ4v) is 1.57. The van der Waals surface area contributed by atoms with Crippen LogP contribution in [0.1, 0.15) is 47.0 Å². The highest BCUT2D eigenvalue weighted by atomic mass is 16.7. The predicted octanol–water partition coefficient (Wildman–Crippen LogP) is 4.88. The Kier molecular flexibility index (Phi) is 9.54. The largest absolute Gasteiger partial charge is 0.356 e. The third-order valence-electron chi connectivity index (χ3n) is 2.95. The molecule has 0 aliphatic rings. The molecule has 0 aliphatic carbocycles. The zero-order valence-electron chi connectivity index (χ0n) is 13.2. The smallest absolute Gasteiger partial charge is 0.154 e. The number of methoxy groups -OCH3 is 1. The van der Waals surface area contributed by atoms with E-state index in [-0.39, 0.29) is 11.7 Å². The molecule has 0 radical (unpaired) electrons. The topological polar surface area (TPSA) is 18.5 Å². The number of rotatable bonds is 9. The summed E-state index contributed by atoms with van der Waals surface area (Å²) in [6, 6.07) is 0. The maximum atomic E-state index is 5.43. The van der Waals surface area contributed by atoms with E-state index in [1.165, 1.54) is 5.57 Å². The second kappa shape index (κ2) is 9.99. The van der Waals surface area contributed by atoms with E-state index in [0.29, 0.717) is 0 Å². The minimum Gasteiger partial charge on any atom is -0.356 e. The molecular weight excluding hydrogens is 236 g/mol. The van der Waals surface area contributed by atoms with Crippen molar-refractivity contribution in [3.05, 3.63) is 36.5 Å². The van der Waals surface area contributed by atoms with E-state index in [2.05, 4.69) is 45.6 Å². The van der Waals surface area contributed by atoms with Gasteiger partial charge in [0, 0.05) is 13.7 Å². The van der Waals surface area contributed by atoms with Gasteiger partial charge in [-0.1, -0.05) is 51.7 Å². The zero-order chi connectivity index (χ0) is 14.7. The van der Waals surface area contributed by atoms with Crippen molar-refractivity contribution < 1.29 is 9.47 Å². The Labute approximate surface area is 119 Å². The monoisotopic (exact) mass is 266 g/mol. The van der Waals surface area contributed by atoms with Crippen molar-refractivity contribution in [3.63, 3.8) is 0 Å². The molecule has 0 heterocycles. The minimum absolute atomic E-state index is 0.0968. The molecule has 0 spiro atoms. The first-order valence-electron chi connectivity index (χ1n) is 7.06. The molecule has 0 aliphatic heterocycles. The van der Waals surface area contributed by atoms with E-state index in [9.17, 15) is 0 Å². The third kappa shape index (κ3) is 9.69. The van der Waals surface area contributed by atoms with Gasteiger partial charge >= 0.3 is 0 Å². The summed E-state index contributed by atoms with van der Waals surface area (Å²) in [4.78, 5) is 0. The van der Waals surface area contributed by atoms with Crippen LogP contribution < -0.4 is 0 Å². The van der Waals surface area contributed by atoms with Gasteiger partial charge in [-0.2, -0.15) is 0 Å². The molecule has 0 amide bonds. The summed E-state index contributed by atoms with van der Waals surface area (Å²) in [5.74, 6) is 0. The summed E-state index contributed by atoms with van der Waals surface area (Å²) in [5.41, 5.74) is 1.43. The molecule has 0 aromatic heterocycles. The molecular formula is C17H30O2. The Balaban J connectivity index is 3.80. The molecule has 0 N–H and O–H groups in total. The van der Waals surface area contributed by atoms with E-state index in [1.54, 1.807) is 7.11 Å². The molecule has 0 saturated carbocycles. The van der Waals surface area contributed by atoms with Gasteiger partial charge in [-0.05, 0) is 37.2 Å². The van der Waals surface area contributed by atoms with Crippen molar-refractivity contribution in [1.82, 2.24) is 0 Å². The number of ether oxygens (including phenoxy) is 2. The minimum atomic E-state index is -0.0968. The summed E-state index contributed by atoms with van der Waals surface area (Å²) in [6.45, 7) is 13.1. The Morgan fingerprint density at radius 2 is 1.95 bits per heavy atom. The average Bonchev–Trinajstić information content (AvgIpc) is 2.35. The molecule has 1 atom stereocenters. The van der Waals surface area contributed by atoms with Crippen molar-refractivity contribution in [2.24, 2.45) is 5.41 Å². The quantitative estimate of drug-likeness (QED) is 0.336. The van der Waals surface area contributed by atoms with Crippen molar-refractivity contribution in [1.29, 1.82) is 0 Å². The first kappa shape index (κ1) is 18.1. The molecule has 0 aromatic rings. The molecule has 0 aromatic carbocycles. The SMILES string of the molecule is C=C/C(=C\C=C\CCCCOC(C)OC)C(C)(C)C. The molecule has 1 unspecified atom stereocenters. The summed E-state index contributed by atoms with van der Waals surface area (Å²) in [6.07, 6.45) is 11.6. The highest BCUT2D eigenvalue weighted by Crippen LogP contribution is 2.25. The van der Waals surface area contributed by atoms with Gasteiger partial charge in [-0.25, -0.2) is 0 Å². The number of allylic oxidation sites excluding steroid dienone is 5. The Bertz CT molecular complexity index is 295. The van der Waals surface area contributed by atoms with Gasteiger partial charge in [0.1, 0.15) is 0 Å². The van der Waals surface area contributed by atoms with Crippen molar-refractivity contribution >= 4 is 0 Å². The average molecular weight is 266 g/mol. The summed E-state index contributed by atoms with van der Waals surface area (Å²) in [7, 11) is 1.66. The molecule has 19 heavy (non-hydrogen) atoms. The molecule has 0 rings (SSSR count). The van der Waals surface area contributed by atoms with Gasteiger partial charge in [0.2, 0.25) is 0 Å². The van der Waals surface area contributed by atoms with E-state index >= 15 is 0 Å². The van der Waals surface area contributed by atoms with E-state index in [0.717, 1.165) is 25.9 Å². The van der Waals surface area contributed by atoms with Crippen molar-refractivity contribution in [2.45, 2.75) is 53.2 Å². The van der Waals surface area contributed by atoms with E-state index < -0.39 is 0 Å². The Morgan fingerprint density at radius 3 is 2.47 bits per heavy atom. The number of unbranched alkanes of at least 4 members (excludes halogenated alkanes) is 2. The van der Waals surface area contributed by atoms with Gasteiger partial charge in [-0.15, -0.1) is 0 Å². The summed E-state index contributed by atoms with van der Waals surface area (Å²) < 4.78 is 10.4. The molecule has 0 saturated heterocycles. The van der Waals surface area contributed by atoms with Gasteiger partial charge in [0.05, 0.1) is 0 Å². The summed E-state index contributed by atoms with van der Waals surface area (Å²) in [5, 5.41) is 0. The van der Waals surface area contributed by atoms with Gasteiger partial charge in [0.15, 0.2) is 6.29 Å². The maximum Gasteiger partial charge on any atom is 0.154 e. The lowest BCUT2D eigenvalue weighted by Gasteiger charge is -2.19. The van der Waals surface area contributed by atoms with Crippen LogP contribution >= 0.6 is 0 Å². The third-order valence-corrected chi connectivity index (χ3v) is 2.95. The highest BCUT2D eigenvalue weighted by Gasteiger charge is 2.12. The molecule has 110 valence electrons. The normalized spacial score (nSPS) is 14.9. The van der Waals surface area contributed by atoms with Crippen molar-refractivity contribution in [3.8, 4) is 0 Å². The van der Waals surface area contributed by atoms with E-state index in [1.807, 2.05) is 13.0 Å². The number of hydrogen-bond acceptors (Lipinski definition) is 2. The van der Waals surface area contributed by atoms with Gasteiger partial charge in [0.25, 0.3) is 0 Å². The van der Waals surface area contributed by atoms with Gasteiger partial charge in [-0.3, -0.25) is 0 Å². The molecule has 0 bridgehead atoms. The maximum absolute atomic E-state index is 5.43. The first-order valence-corrected chi connectivity index (χ1v) is 7.06. The summed E-state index contributed by atoms with van der Waals surface area (Å²) >= 11 is 0. The van der Waals surface area contributed by atoms with Crippen LogP contribution in [0, 0.1) is 5.41 Å². The number of hydrogen-bond donors (Lipinski definition) is 0. The second-order valence-electron chi connectivity index (χ2n) is 5.67. The fraction of sp³-hybridized carbons (Fsp3) is 0.647. The van der Waals surface area contributed by atoms with Crippen LogP contribution in [0.3, 0.4) is 0 Å². The van der Waals surface area contributed by atoms with Crippen LogP contribution in [-0.2, 0) is 9.47 Å². The first-order chi connectivity index (χ1) is 8.91. The fourth-order valence-electron chi connectivity index (χ4n) is 1.57. The van der Waals surface area contributed by atoms with E-state index in [4.69, 9.17) is 9.47 Å². The molecule has 2 nitrogen and oxygen atoms in total. The molecule has 0 fully saturated rings. The highest BCUT2D eigenvalue weighted by molar-refractivity contribution is 5.27. The Morgan fingerprint density at radius 1 is 1.26 bits per heavy atom. The van der Waals surface area contributed by atoms with Crippen molar-refractivity contribution in [2.75, 3.05) is 13.7 Å². The van der Waals surface area contributed by atoms with Crippen LogP contribution in [-0.4, -0.2) is 20.0 Å². The van der Waals surface area contributed by atoms with Crippen LogP contribution in [0.15, 0.2) is 36.5 Å². The van der Waals surface area contributed by atoms with Crippen LogP contribution in [0.4, 0.5) is 0 Å². The van der Waals surface area contributed by atoms with Crippen LogP contribution in [0.2, 0.25) is 0 Å². The lowest BCUT2D eigenvalue weighted by atomic mass is 9.86. The second-order valence-corrected chi connectivity index (χ2v) is 5.67.